The highest BCUT2D eigenvalue weighted by Crippen LogP contribution is 2.72. The molecule has 6 fully saturated rings. The van der Waals surface area contributed by atoms with E-state index in [0.29, 0.717) is 11.8 Å². The zero-order valence-corrected chi connectivity index (χ0v) is 42.0. The van der Waals surface area contributed by atoms with Gasteiger partial charge in [-0.1, -0.05) is 146 Å². The summed E-state index contributed by atoms with van der Waals surface area (Å²) in [6, 6.07) is 10.6. The molecule has 2 aromatic rings. The van der Waals surface area contributed by atoms with Crippen LogP contribution in [0, 0.1) is 47.3 Å². The van der Waals surface area contributed by atoms with Gasteiger partial charge in [-0.25, -0.2) is 0 Å². The van der Waals surface area contributed by atoms with Gasteiger partial charge in [-0.2, -0.15) is 0 Å². The van der Waals surface area contributed by atoms with Gasteiger partial charge < -0.3 is 9.47 Å². The molecule has 6 aliphatic rings. The molecule has 8 rings (SSSR count). The van der Waals surface area contributed by atoms with E-state index in [1.54, 1.807) is 11.1 Å². The van der Waals surface area contributed by atoms with Gasteiger partial charge in [-0.3, -0.25) is 0 Å². The molecule has 0 spiro atoms. The molecule has 3 heteroatoms. The summed E-state index contributed by atoms with van der Waals surface area (Å²) in [4.78, 5) is 0. The van der Waals surface area contributed by atoms with Crippen LogP contribution in [-0.2, 0) is 21.7 Å². The van der Waals surface area contributed by atoms with Gasteiger partial charge in [0.05, 0.1) is 22.3 Å². The molecule has 2 nitrogen and oxygen atoms in total. The first-order chi connectivity index (χ1) is 27.5. The van der Waals surface area contributed by atoms with Crippen LogP contribution in [0.25, 0.3) is 0 Å². The Hall–Kier alpha value is -1.74. The third kappa shape index (κ3) is 7.96. The molecule has 2 aromatic carbocycles. The van der Waals surface area contributed by atoms with Crippen LogP contribution in [0.1, 0.15) is 205 Å². The minimum atomic E-state index is -1.72. The molecule has 0 saturated heterocycles. The van der Waals surface area contributed by atoms with Gasteiger partial charge in [-0.05, 0) is 154 Å². The largest absolute Gasteiger partial charge is 0.496 e. The molecule has 0 amide bonds. The normalized spacial score (nSPS) is 33.2. The van der Waals surface area contributed by atoms with Gasteiger partial charge in [0.15, 0.2) is 0 Å². The third-order valence-electron chi connectivity index (χ3n) is 18.1. The summed E-state index contributed by atoms with van der Waals surface area (Å²) in [6.07, 6.45) is 17.6. The van der Waals surface area contributed by atoms with Crippen molar-refractivity contribution in [3.8, 4) is 11.5 Å². The Bertz CT molecular complexity index is 1650. The molecular weight excluding hydrogens is 733 g/mol. The Morgan fingerprint density at radius 3 is 0.983 bits per heavy atom. The van der Waals surface area contributed by atoms with E-state index < -0.39 is 8.07 Å². The van der Waals surface area contributed by atoms with Crippen LogP contribution >= 0.6 is 0 Å². The second-order valence-electron chi connectivity index (χ2n) is 26.4. The number of benzene rings is 2. The topological polar surface area (TPSA) is 18.5 Å². The lowest BCUT2D eigenvalue weighted by molar-refractivity contribution is 0.226. The molecule has 0 radical (unpaired) electrons. The fraction of sp³-hybridized carbons (Fsp3) is 0.786. The summed E-state index contributed by atoms with van der Waals surface area (Å²) >= 11 is 0. The van der Waals surface area contributed by atoms with Crippen molar-refractivity contribution in [1.82, 2.24) is 0 Å². The predicted octanol–water partition coefficient (Wildman–Crippen LogP) is 15.9. The van der Waals surface area contributed by atoms with E-state index in [4.69, 9.17) is 9.47 Å². The zero-order chi connectivity index (χ0) is 42.8. The summed E-state index contributed by atoms with van der Waals surface area (Å²) in [5, 5.41) is 0. The number of hydrogen-bond acceptors (Lipinski definition) is 2. The van der Waals surface area contributed by atoms with Crippen LogP contribution in [0.3, 0.4) is 0 Å². The van der Waals surface area contributed by atoms with Crippen molar-refractivity contribution in [3.05, 3.63) is 57.6 Å². The molecule has 10 unspecified atom stereocenters. The lowest BCUT2D eigenvalue weighted by atomic mass is 9.68. The van der Waals surface area contributed by atoms with E-state index in [-0.39, 0.29) is 21.7 Å². The molecule has 328 valence electrons. The first kappa shape index (κ1) is 43.9. The average molecular weight is 821 g/mol. The average Bonchev–Trinajstić information content (AvgIpc) is 4.09. The van der Waals surface area contributed by atoms with Gasteiger partial charge >= 0.3 is 0 Å². The van der Waals surface area contributed by atoms with Gasteiger partial charge in [-0.15, -0.1) is 0 Å². The first-order valence-electron chi connectivity index (χ1n) is 24.9. The highest BCUT2D eigenvalue weighted by molar-refractivity contribution is 6.80. The second-order valence-corrected chi connectivity index (χ2v) is 31.4. The molecular formula is C56H88O2Si. The van der Waals surface area contributed by atoms with Crippen LogP contribution < -0.4 is 9.47 Å². The molecule has 10 atom stereocenters. The van der Waals surface area contributed by atoms with Crippen molar-refractivity contribution in [2.45, 2.75) is 218 Å². The Morgan fingerprint density at radius 1 is 0.424 bits per heavy atom. The minimum absolute atomic E-state index is 0.0439. The van der Waals surface area contributed by atoms with Crippen LogP contribution in [0.2, 0.25) is 24.2 Å². The van der Waals surface area contributed by atoms with Crippen molar-refractivity contribution >= 4 is 8.07 Å². The number of fused-ring (bicyclic) bond motifs is 2. The summed E-state index contributed by atoms with van der Waals surface area (Å²) in [7, 11) is 2.10. The maximum absolute atomic E-state index is 6.30. The molecule has 0 N–H and O–H groups in total. The Labute approximate surface area is 364 Å². The van der Waals surface area contributed by atoms with Gasteiger partial charge in [0, 0.05) is 22.3 Å². The van der Waals surface area contributed by atoms with Crippen LogP contribution in [0.5, 0.6) is 11.5 Å². The molecule has 0 heterocycles. The molecule has 59 heavy (non-hydrogen) atoms. The van der Waals surface area contributed by atoms with E-state index in [9.17, 15) is 0 Å². The fourth-order valence-corrected chi connectivity index (χ4v) is 21.9. The molecule has 0 bridgehead atoms. The van der Waals surface area contributed by atoms with Gasteiger partial charge in [0.2, 0.25) is 0 Å². The zero-order valence-electron chi connectivity index (χ0n) is 41.0. The van der Waals surface area contributed by atoms with E-state index in [1.807, 2.05) is 14.2 Å². The Kier molecular flexibility index (Phi) is 11.3. The van der Waals surface area contributed by atoms with Gasteiger partial charge in [0.1, 0.15) is 11.5 Å². The first-order valence-corrected chi connectivity index (χ1v) is 28.1. The van der Waals surface area contributed by atoms with E-state index in [0.717, 1.165) is 69.9 Å². The van der Waals surface area contributed by atoms with E-state index >= 15 is 0 Å². The lowest BCUT2D eigenvalue weighted by Gasteiger charge is -2.50. The molecule has 0 aromatic heterocycles. The van der Waals surface area contributed by atoms with Crippen LogP contribution in [-0.4, -0.2) is 22.3 Å². The quantitative estimate of drug-likeness (QED) is 0.247. The Balaban J connectivity index is 1.17. The summed E-state index contributed by atoms with van der Waals surface area (Å²) in [6.45, 7) is 34.8. The molecule has 6 saturated carbocycles. The SMILES string of the molecule is COc1c(C(C)(C)C)cc(C2CCCC3C2CC(C2CC2)C3[Si](C)(C)C2C(C3CC3)CC3C(c4cc(C(C)(C)C)c(OC)c(C(C)(C)C)c4)CCCC32)cc1C(C)(C)C. The van der Waals surface area contributed by atoms with Crippen molar-refractivity contribution in [2.24, 2.45) is 47.3 Å². The fourth-order valence-electron chi connectivity index (χ4n) is 15.4. The van der Waals surface area contributed by atoms with Gasteiger partial charge in [0.25, 0.3) is 0 Å². The molecule has 6 aliphatic carbocycles. The van der Waals surface area contributed by atoms with Crippen LogP contribution in [0.4, 0.5) is 0 Å². The highest BCUT2D eigenvalue weighted by Gasteiger charge is 2.64. The summed E-state index contributed by atoms with van der Waals surface area (Å²) < 4.78 is 12.6. The minimum Gasteiger partial charge on any atom is -0.496 e. The summed E-state index contributed by atoms with van der Waals surface area (Å²) in [5.74, 6) is 11.2. The lowest BCUT2D eigenvalue weighted by Crippen LogP contribution is -2.48. The number of ether oxygens (including phenoxy) is 2. The maximum atomic E-state index is 6.30. The van der Waals surface area contributed by atoms with Crippen molar-refractivity contribution < 1.29 is 9.47 Å². The third-order valence-corrected chi connectivity index (χ3v) is 23.2. The number of hydrogen-bond donors (Lipinski definition) is 0. The second kappa shape index (κ2) is 15.2. The standard InChI is InChI=1S/C56H88O2Si/c1-53(2,3)45-27-35(28-46(49(45)57-13)54(4,5)6)37-19-17-21-39-43(37)31-41(33-23-24-33)51(39)59(15,16)52-40-22-18-20-38(44(40)32-42(52)34-25-26-34)36-29-47(55(7,8)9)50(58-14)48(30-36)56(10,11)12/h27-30,33-34,37-44,51-52H,17-26,31-32H2,1-16H3. The summed E-state index contributed by atoms with van der Waals surface area (Å²) in [5.41, 5.74) is 11.2. The van der Waals surface area contributed by atoms with E-state index in [1.165, 1.54) is 99.3 Å². The highest BCUT2D eigenvalue weighted by atomic mass is 28.3. The van der Waals surface area contributed by atoms with Crippen molar-refractivity contribution in [1.29, 1.82) is 0 Å². The van der Waals surface area contributed by atoms with Crippen LogP contribution in [0.15, 0.2) is 24.3 Å². The molecule has 0 aliphatic heterocycles. The maximum Gasteiger partial charge on any atom is 0.126 e. The van der Waals surface area contributed by atoms with Crippen molar-refractivity contribution in [3.63, 3.8) is 0 Å². The van der Waals surface area contributed by atoms with E-state index in [2.05, 4.69) is 120 Å². The number of methoxy groups -OCH3 is 2. The van der Waals surface area contributed by atoms with Crippen molar-refractivity contribution in [2.75, 3.05) is 14.2 Å². The predicted molar refractivity (Wildman–Crippen MR) is 255 cm³/mol. The number of rotatable bonds is 8. The smallest absolute Gasteiger partial charge is 0.126 e. The Morgan fingerprint density at radius 2 is 0.729 bits per heavy atom. The monoisotopic (exact) mass is 821 g/mol.